The largest absolute Gasteiger partial charge is 0.391 e. The van der Waals surface area contributed by atoms with Crippen LogP contribution in [-0.2, 0) is 13.2 Å². The van der Waals surface area contributed by atoms with Gasteiger partial charge in [0.05, 0.1) is 19.3 Å². The lowest BCUT2D eigenvalue weighted by Crippen LogP contribution is -1.95. The molecule has 2 N–H and O–H groups in total. The number of anilines is 1. The first-order chi connectivity index (χ1) is 4.92. The molecular weight excluding hydrogens is 130 g/mol. The first kappa shape index (κ1) is 5.73. The second-order valence-electron chi connectivity index (χ2n) is 2.33. The van der Waals surface area contributed by atoms with Crippen LogP contribution in [0.3, 0.4) is 0 Å². The average molecular weight is 139 g/mol. The Morgan fingerprint density at radius 3 is 3.50 bits per heavy atom. The minimum Gasteiger partial charge on any atom is -0.391 e. The topological polar surface area (TPSA) is 50.1 Å². The highest BCUT2D eigenvalue weighted by atomic mass is 16.3. The molecule has 0 saturated carbocycles. The van der Waals surface area contributed by atoms with E-state index in [4.69, 9.17) is 5.11 Å². The third-order valence-corrected chi connectivity index (χ3v) is 1.70. The van der Waals surface area contributed by atoms with E-state index in [-0.39, 0.29) is 6.61 Å². The zero-order valence-electron chi connectivity index (χ0n) is 5.54. The van der Waals surface area contributed by atoms with Crippen molar-refractivity contribution in [2.45, 2.75) is 13.2 Å². The molecule has 0 radical (unpaired) electrons. The number of hydrogen-bond donors (Lipinski definition) is 2. The molecule has 2 heterocycles. The molecule has 10 heavy (non-hydrogen) atoms. The smallest absolute Gasteiger partial charge is 0.129 e. The number of nitrogens with zero attached hydrogens (tertiary/aromatic N) is 2. The molecule has 1 aromatic rings. The predicted molar refractivity (Wildman–Crippen MR) is 36.6 cm³/mol. The van der Waals surface area contributed by atoms with Gasteiger partial charge in [0.25, 0.3) is 0 Å². The number of aliphatic hydroxyl groups excluding tert-OH is 1. The van der Waals surface area contributed by atoms with Crippen LogP contribution in [0.4, 0.5) is 5.82 Å². The molecule has 0 spiro atoms. The molecule has 0 unspecified atom stereocenters. The average Bonchev–Trinajstić information content (AvgIpc) is 2.44. The van der Waals surface area contributed by atoms with Gasteiger partial charge in [-0.2, -0.15) is 5.10 Å². The first-order valence-corrected chi connectivity index (χ1v) is 3.31. The minimum atomic E-state index is 0.0718. The summed E-state index contributed by atoms with van der Waals surface area (Å²) in [6.07, 6.45) is 1.70. The highest BCUT2D eigenvalue weighted by Crippen LogP contribution is 2.18. The molecular formula is C6H9N3O. The van der Waals surface area contributed by atoms with Crippen molar-refractivity contribution in [1.82, 2.24) is 9.78 Å². The molecule has 0 aliphatic carbocycles. The number of fused-ring (bicyclic) bond motifs is 1. The molecule has 0 amide bonds. The van der Waals surface area contributed by atoms with Crippen LogP contribution < -0.4 is 5.32 Å². The summed E-state index contributed by atoms with van der Waals surface area (Å²) in [6, 6.07) is 0. The molecule has 0 bridgehead atoms. The van der Waals surface area contributed by atoms with Gasteiger partial charge in [-0.3, -0.25) is 0 Å². The Morgan fingerprint density at radius 1 is 1.80 bits per heavy atom. The fourth-order valence-electron chi connectivity index (χ4n) is 1.19. The van der Waals surface area contributed by atoms with Crippen molar-refractivity contribution < 1.29 is 5.11 Å². The van der Waals surface area contributed by atoms with Gasteiger partial charge in [0.1, 0.15) is 5.82 Å². The molecule has 1 aromatic heterocycles. The van der Waals surface area contributed by atoms with Gasteiger partial charge < -0.3 is 10.4 Å². The number of hydrogen-bond acceptors (Lipinski definition) is 3. The third kappa shape index (κ3) is 0.623. The van der Waals surface area contributed by atoms with Crippen LogP contribution >= 0.6 is 0 Å². The van der Waals surface area contributed by atoms with Gasteiger partial charge >= 0.3 is 0 Å². The van der Waals surface area contributed by atoms with Crippen molar-refractivity contribution >= 4 is 5.82 Å². The van der Waals surface area contributed by atoms with Gasteiger partial charge in [-0.25, -0.2) is 4.68 Å². The van der Waals surface area contributed by atoms with Crippen LogP contribution in [-0.4, -0.2) is 21.4 Å². The summed E-state index contributed by atoms with van der Waals surface area (Å²) in [5.41, 5.74) is 0.887. The molecule has 0 fully saturated rings. The van der Waals surface area contributed by atoms with E-state index in [0.717, 1.165) is 24.5 Å². The molecule has 1 aliphatic heterocycles. The van der Waals surface area contributed by atoms with Crippen LogP contribution in [0, 0.1) is 0 Å². The van der Waals surface area contributed by atoms with Crippen molar-refractivity contribution in [3.05, 3.63) is 11.8 Å². The van der Waals surface area contributed by atoms with Crippen LogP contribution in [0.1, 0.15) is 5.56 Å². The summed E-state index contributed by atoms with van der Waals surface area (Å²) < 4.78 is 1.87. The first-order valence-electron chi connectivity index (χ1n) is 3.31. The SMILES string of the molecule is OCc1cnn2c1NCC2. The van der Waals surface area contributed by atoms with Crippen LogP contribution in [0.5, 0.6) is 0 Å². The highest BCUT2D eigenvalue weighted by Gasteiger charge is 2.13. The van der Waals surface area contributed by atoms with Gasteiger partial charge in [-0.05, 0) is 0 Å². The van der Waals surface area contributed by atoms with E-state index >= 15 is 0 Å². The maximum atomic E-state index is 8.80. The van der Waals surface area contributed by atoms with Gasteiger partial charge in [0.2, 0.25) is 0 Å². The van der Waals surface area contributed by atoms with Crippen LogP contribution in [0.15, 0.2) is 6.20 Å². The number of nitrogens with one attached hydrogen (secondary N) is 1. The summed E-state index contributed by atoms with van der Waals surface area (Å²) in [6.45, 7) is 1.91. The molecule has 54 valence electrons. The van der Waals surface area contributed by atoms with Crippen molar-refractivity contribution in [3.63, 3.8) is 0 Å². The Hall–Kier alpha value is -1.03. The fraction of sp³-hybridized carbons (Fsp3) is 0.500. The normalized spacial score (nSPS) is 14.9. The monoisotopic (exact) mass is 139 g/mol. The maximum absolute atomic E-state index is 8.80. The summed E-state index contributed by atoms with van der Waals surface area (Å²) in [5, 5.41) is 16.0. The Bertz CT molecular complexity index is 243. The van der Waals surface area contributed by atoms with Crippen LogP contribution in [0.25, 0.3) is 0 Å². The minimum absolute atomic E-state index is 0.0718. The number of rotatable bonds is 1. The lowest BCUT2D eigenvalue weighted by molar-refractivity contribution is 0.282. The number of aliphatic hydroxyl groups is 1. The number of aromatic nitrogens is 2. The molecule has 0 saturated heterocycles. The van der Waals surface area contributed by atoms with Crippen molar-refractivity contribution in [3.8, 4) is 0 Å². The van der Waals surface area contributed by atoms with Crippen molar-refractivity contribution in [1.29, 1.82) is 0 Å². The zero-order valence-corrected chi connectivity index (χ0v) is 5.54. The van der Waals surface area contributed by atoms with Gasteiger partial charge in [0.15, 0.2) is 0 Å². The predicted octanol–water partition coefficient (Wildman–Crippen LogP) is -0.199. The van der Waals surface area contributed by atoms with E-state index in [9.17, 15) is 0 Å². The molecule has 0 atom stereocenters. The van der Waals surface area contributed by atoms with Crippen molar-refractivity contribution in [2.24, 2.45) is 0 Å². The van der Waals surface area contributed by atoms with E-state index in [1.165, 1.54) is 0 Å². The summed E-state index contributed by atoms with van der Waals surface area (Å²) >= 11 is 0. The summed E-state index contributed by atoms with van der Waals surface area (Å²) in [7, 11) is 0. The van der Waals surface area contributed by atoms with Gasteiger partial charge in [-0.1, -0.05) is 0 Å². The van der Waals surface area contributed by atoms with E-state index in [1.54, 1.807) is 6.20 Å². The van der Waals surface area contributed by atoms with Crippen LogP contribution in [0.2, 0.25) is 0 Å². The second-order valence-corrected chi connectivity index (χ2v) is 2.33. The van der Waals surface area contributed by atoms with Gasteiger partial charge in [0, 0.05) is 12.1 Å². The molecule has 1 aliphatic rings. The molecule has 4 heteroatoms. The summed E-state index contributed by atoms with van der Waals surface area (Å²) in [5.74, 6) is 0.975. The molecule has 2 rings (SSSR count). The van der Waals surface area contributed by atoms with Gasteiger partial charge in [-0.15, -0.1) is 0 Å². The fourth-order valence-corrected chi connectivity index (χ4v) is 1.19. The summed E-state index contributed by atoms with van der Waals surface area (Å²) in [4.78, 5) is 0. The van der Waals surface area contributed by atoms with Crippen molar-refractivity contribution in [2.75, 3.05) is 11.9 Å². The van der Waals surface area contributed by atoms with E-state index < -0.39 is 0 Å². The lowest BCUT2D eigenvalue weighted by Gasteiger charge is -1.94. The maximum Gasteiger partial charge on any atom is 0.129 e. The Balaban J connectivity index is 2.44. The molecule has 4 nitrogen and oxygen atoms in total. The molecule has 0 aromatic carbocycles. The third-order valence-electron chi connectivity index (χ3n) is 1.70. The Labute approximate surface area is 58.5 Å². The second kappa shape index (κ2) is 1.98. The highest BCUT2D eigenvalue weighted by molar-refractivity contribution is 5.45. The standard InChI is InChI=1S/C6H9N3O/c10-4-5-3-8-9-2-1-7-6(5)9/h3,7,10H,1-2,4H2. The van der Waals surface area contributed by atoms with E-state index in [0.29, 0.717) is 0 Å². The Morgan fingerprint density at radius 2 is 2.70 bits per heavy atom. The quantitative estimate of drug-likeness (QED) is 0.566. The van der Waals surface area contributed by atoms with E-state index in [2.05, 4.69) is 10.4 Å². The lowest BCUT2D eigenvalue weighted by atomic mass is 10.3. The van der Waals surface area contributed by atoms with E-state index in [1.807, 2.05) is 4.68 Å². The zero-order chi connectivity index (χ0) is 6.97. The Kier molecular flexibility index (Phi) is 1.14.